The molecule has 3 aromatic rings. The first-order chi connectivity index (χ1) is 16.3. The summed E-state index contributed by atoms with van der Waals surface area (Å²) in [6.45, 7) is 8.24. The minimum Gasteiger partial charge on any atom is -0.360 e. The predicted molar refractivity (Wildman–Crippen MR) is 133 cm³/mol. The Labute approximate surface area is 200 Å². The molecular formula is C26H34N6O2. The number of fused-ring (bicyclic) bond motifs is 1. The van der Waals surface area contributed by atoms with E-state index in [1.807, 2.05) is 56.1 Å². The van der Waals surface area contributed by atoms with E-state index in [0.29, 0.717) is 12.4 Å². The lowest BCUT2D eigenvalue weighted by Crippen LogP contribution is -2.54. The van der Waals surface area contributed by atoms with Crippen molar-refractivity contribution in [1.82, 2.24) is 30.5 Å². The Morgan fingerprint density at radius 3 is 2.68 bits per heavy atom. The molecule has 0 radical (unpaired) electrons. The molecule has 4 rings (SSSR count). The second-order valence-electron chi connectivity index (χ2n) is 9.40. The van der Waals surface area contributed by atoms with Crippen LogP contribution in [-0.2, 0) is 9.59 Å². The van der Waals surface area contributed by atoms with Gasteiger partial charge in [0.2, 0.25) is 11.8 Å². The van der Waals surface area contributed by atoms with Gasteiger partial charge in [0.05, 0.1) is 23.5 Å². The first-order valence-electron chi connectivity index (χ1n) is 12.0. The lowest BCUT2D eigenvalue weighted by molar-refractivity contribution is -0.139. The SMILES string of the molecule is CNC(C)C(=O)NC(C(=O)N1CCCC1c1cc(-c2c[nH]c3ccccc23)nc(C)n1)C(C)C. The highest BCUT2D eigenvalue weighted by Crippen LogP contribution is 2.35. The van der Waals surface area contributed by atoms with Crippen LogP contribution in [0.25, 0.3) is 22.2 Å². The maximum atomic E-state index is 13.6. The highest BCUT2D eigenvalue weighted by Gasteiger charge is 2.37. The predicted octanol–water partition coefficient (Wildman–Crippen LogP) is 3.35. The van der Waals surface area contributed by atoms with Crippen molar-refractivity contribution >= 4 is 22.7 Å². The molecule has 180 valence electrons. The number of para-hydroxylation sites is 1. The molecule has 8 nitrogen and oxygen atoms in total. The van der Waals surface area contributed by atoms with Gasteiger partial charge in [-0.15, -0.1) is 0 Å². The van der Waals surface area contributed by atoms with Crippen LogP contribution in [0.5, 0.6) is 0 Å². The van der Waals surface area contributed by atoms with E-state index in [1.165, 1.54) is 0 Å². The molecule has 34 heavy (non-hydrogen) atoms. The van der Waals surface area contributed by atoms with Crippen LogP contribution >= 0.6 is 0 Å². The number of hydrogen-bond donors (Lipinski definition) is 3. The first-order valence-corrected chi connectivity index (χ1v) is 12.0. The van der Waals surface area contributed by atoms with Gasteiger partial charge in [-0.05, 0) is 51.8 Å². The molecule has 1 fully saturated rings. The van der Waals surface area contributed by atoms with Gasteiger partial charge in [-0.25, -0.2) is 9.97 Å². The number of carbonyl (C=O) groups is 2. The van der Waals surface area contributed by atoms with Gasteiger partial charge in [0.1, 0.15) is 11.9 Å². The summed E-state index contributed by atoms with van der Waals surface area (Å²) >= 11 is 0. The molecule has 0 spiro atoms. The molecule has 1 aliphatic rings. The summed E-state index contributed by atoms with van der Waals surface area (Å²) in [5.74, 6) is 0.410. The van der Waals surface area contributed by atoms with Crippen molar-refractivity contribution < 1.29 is 9.59 Å². The molecule has 0 aliphatic carbocycles. The maximum absolute atomic E-state index is 13.6. The molecule has 8 heteroatoms. The molecule has 1 aromatic carbocycles. The molecular weight excluding hydrogens is 428 g/mol. The molecule has 3 N–H and O–H groups in total. The van der Waals surface area contributed by atoms with Crippen LogP contribution in [-0.4, -0.2) is 57.3 Å². The Kier molecular flexibility index (Phi) is 6.97. The summed E-state index contributed by atoms with van der Waals surface area (Å²) in [5, 5.41) is 6.99. The number of benzene rings is 1. The maximum Gasteiger partial charge on any atom is 0.245 e. The summed E-state index contributed by atoms with van der Waals surface area (Å²) in [6, 6.07) is 9.05. The molecule has 0 bridgehead atoms. The number of rotatable bonds is 7. The number of nitrogens with one attached hydrogen (secondary N) is 3. The summed E-state index contributed by atoms with van der Waals surface area (Å²) in [4.78, 5) is 40.8. The molecule has 3 unspecified atom stereocenters. The fourth-order valence-electron chi connectivity index (χ4n) is 4.62. The number of H-pyrrole nitrogens is 1. The zero-order valence-corrected chi connectivity index (χ0v) is 20.6. The molecule has 3 heterocycles. The van der Waals surface area contributed by atoms with Gasteiger partial charge < -0.3 is 20.5 Å². The number of likely N-dealkylation sites (tertiary alicyclic amines) is 1. The van der Waals surface area contributed by atoms with Crippen molar-refractivity contribution in [3.63, 3.8) is 0 Å². The number of aromatic nitrogens is 3. The summed E-state index contributed by atoms with van der Waals surface area (Å²) in [5.41, 5.74) is 3.76. The Balaban J connectivity index is 1.64. The quantitative estimate of drug-likeness (QED) is 0.500. The van der Waals surface area contributed by atoms with Crippen LogP contribution in [0, 0.1) is 12.8 Å². The number of carbonyl (C=O) groups excluding carboxylic acids is 2. The van der Waals surface area contributed by atoms with E-state index in [2.05, 4.69) is 21.7 Å². The number of nitrogens with zero attached hydrogens (tertiary/aromatic N) is 3. The summed E-state index contributed by atoms with van der Waals surface area (Å²) < 4.78 is 0. The first kappa shape index (κ1) is 23.9. The minimum absolute atomic E-state index is 0.0318. The average molecular weight is 463 g/mol. The van der Waals surface area contributed by atoms with Gasteiger partial charge in [-0.3, -0.25) is 9.59 Å². The topological polar surface area (TPSA) is 103 Å². The van der Waals surface area contributed by atoms with E-state index in [9.17, 15) is 9.59 Å². The third-order valence-corrected chi connectivity index (χ3v) is 6.66. The molecule has 2 amide bonds. The molecule has 0 saturated carbocycles. The van der Waals surface area contributed by atoms with Gasteiger partial charge in [-0.1, -0.05) is 32.0 Å². The van der Waals surface area contributed by atoms with Crippen LogP contribution in [0.1, 0.15) is 51.2 Å². The Hall–Kier alpha value is -3.26. The van der Waals surface area contributed by atoms with Crippen molar-refractivity contribution in [2.24, 2.45) is 5.92 Å². The third kappa shape index (κ3) is 4.68. The fraction of sp³-hybridized carbons (Fsp3) is 0.462. The van der Waals surface area contributed by atoms with Gasteiger partial charge in [0.15, 0.2) is 0 Å². The van der Waals surface area contributed by atoms with Gasteiger partial charge >= 0.3 is 0 Å². The van der Waals surface area contributed by atoms with Crippen molar-refractivity contribution in [1.29, 1.82) is 0 Å². The lowest BCUT2D eigenvalue weighted by atomic mass is 10.0. The van der Waals surface area contributed by atoms with Crippen LogP contribution in [0.15, 0.2) is 36.5 Å². The second-order valence-corrected chi connectivity index (χ2v) is 9.40. The zero-order chi connectivity index (χ0) is 24.4. The van der Waals surface area contributed by atoms with Crippen molar-refractivity contribution in [2.75, 3.05) is 13.6 Å². The Bertz CT molecular complexity index is 1190. The van der Waals surface area contributed by atoms with E-state index in [4.69, 9.17) is 9.97 Å². The summed E-state index contributed by atoms with van der Waals surface area (Å²) in [7, 11) is 1.73. The van der Waals surface area contributed by atoms with E-state index in [-0.39, 0.29) is 29.8 Å². The third-order valence-electron chi connectivity index (χ3n) is 6.66. The molecule has 1 aliphatic heterocycles. The van der Waals surface area contributed by atoms with E-state index < -0.39 is 6.04 Å². The lowest BCUT2D eigenvalue weighted by Gasteiger charge is -2.31. The Morgan fingerprint density at radius 1 is 1.18 bits per heavy atom. The standard InChI is InChI=1S/C26H34N6O2/c1-15(2)24(31-25(33)16(3)27-5)26(34)32-12-8-11-23(32)22-13-21(29-17(4)30-22)19-14-28-20-10-7-6-9-18(19)20/h6-7,9-10,13-16,23-24,27-28H,8,11-12H2,1-5H3,(H,31,33). The van der Waals surface area contributed by atoms with E-state index in [0.717, 1.165) is 40.7 Å². The normalized spacial score (nSPS) is 17.8. The number of hydrogen-bond acceptors (Lipinski definition) is 5. The van der Waals surface area contributed by atoms with Crippen LogP contribution in [0.4, 0.5) is 0 Å². The number of amides is 2. The highest BCUT2D eigenvalue weighted by atomic mass is 16.2. The minimum atomic E-state index is -0.583. The van der Waals surface area contributed by atoms with E-state index >= 15 is 0 Å². The van der Waals surface area contributed by atoms with Gasteiger partial charge in [0.25, 0.3) is 0 Å². The zero-order valence-electron chi connectivity index (χ0n) is 20.6. The largest absolute Gasteiger partial charge is 0.360 e. The number of likely N-dealkylation sites (N-methyl/N-ethyl adjacent to an activating group) is 1. The number of aryl methyl sites for hydroxylation is 1. The smallest absolute Gasteiger partial charge is 0.245 e. The van der Waals surface area contributed by atoms with E-state index in [1.54, 1.807) is 14.0 Å². The fourth-order valence-corrected chi connectivity index (χ4v) is 4.62. The average Bonchev–Trinajstić information content (AvgIpc) is 3.48. The monoisotopic (exact) mass is 462 g/mol. The molecule has 2 aromatic heterocycles. The molecule has 3 atom stereocenters. The summed E-state index contributed by atoms with van der Waals surface area (Å²) in [6.07, 6.45) is 3.70. The van der Waals surface area contributed by atoms with Crippen molar-refractivity contribution in [3.05, 3.63) is 48.0 Å². The van der Waals surface area contributed by atoms with Crippen molar-refractivity contribution in [3.8, 4) is 11.3 Å². The van der Waals surface area contributed by atoms with Crippen LogP contribution in [0.2, 0.25) is 0 Å². The highest BCUT2D eigenvalue weighted by molar-refractivity contribution is 5.94. The van der Waals surface area contributed by atoms with Crippen LogP contribution in [0.3, 0.4) is 0 Å². The van der Waals surface area contributed by atoms with Crippen molar-refractivity contribution in [2.45, 2.75) is 58.7 Å². The van der Waals surface area contributed by atoms with Crippen LogP contribution < -0.4 is 10.6 Å². The second kappa shape index (κ2) is 9.93. The number of aromatic amines is 1. The van der Waals surface area contributed by atoms with Gasteiger partial charge in [0, 0.05) is 29.2 Å². The Morgan fingerprint density at radius 2 is 1.94 bits per heavy atom. The molecule has 1 saturated heterocycles. The van der Waals surface area contributed by atoms with Gasteiger partial charge in [-0.2, -0.15) is 0 Å².